The summed E-state index contributed by atoms with van der Waals surface area (Å²) in [6.45, 7) is 2.53. The Morgan fingerprint density at radius 1 is 1.25 bits per heavy atom. The molecule has 24 heavy (non-hydrogen) atoms. The molecule has 0 aliphatic heterocycles. The molecule has 6 N–H and O–H groups in total. The molecular weight excluding hydrogens is 330 g/mol. The van der Waals surface area contributed by atoms with Crippen LogP contribution in [0.2, 0.25) is 0 Å². The fourth-order valence-electron chi connectivity index (χ4n) is 1.56. The first-order chi connectivity index (χ1) is 11.3. The molecule has 8 nitrogen and oxygen atoms in total. The van der Waals surface area contributed by atoms with Crippen LogP contribution in [0, 0.1) is 6.92 Å². The molecule has 9 heteroatoms. The van der Waals surface area contributed by atoms with Crippen LogP contribution in [0.15, 0.2) is 58.7 Å². The quantitative estimate of drug-likeness (QED) is 0.209. The molecule has 0 aliphatic carbocycles. The highest BCUT2D eigenvalue weighted by molar-refractivity contribution is 7.85. The van der Waals surface area contributed by atoms with Crippen molar-refractivity contribution in [3.8, 4) is 0 Å². The maximum Gasteiger partial charge on any atom is 0.294 e. The van der Waals surface area contributed by atoms with Gasteiger partial charge in [0.2, 0.25) is 0 Å². The van der Waals surface area contributed by atoms with Crippen molar-refractivity contribution >= 4 is 21.8 Å². The van der Waals surface area contributed by atoms with Gasteiger partial charge in [0.25, 0.3) is 10.1 Å². The maximum absolute atomic E-state index is 10.5. The lowest BCUT2D eigenvalue weighted by atomic mass is 10.2. The minimum absolute atomic E-state index is 0.0666. The third-order valence-electron chi connectivity index (χ3n) is 2.84. The number of hydrogen-bond acceptors (Lipinski definition) is 6. The Balaban J connectivity index is 0.000000243. The van der Waals surface area contributed by atoms with Gasteiger partial charge >= 0.3 is 0 Å². The van der Waals surface area contributed by atoms with Crippen LogP contribution in [-0.2, 0) is 10.1 Å². The fraction of sp³-hybridized carbons (Fsp3) is 0.200. The average molecular weight is 351 g/mol. The van der Waals surface area contributed by atoms with Crippen LogP contribution in [0.4, 0.5) is 5.82 Å². The van der Waals surface area contributed by atoms with Crippen molar-refractivity contribution in [2.75, 3.05) is 11.9 Å². The average Bonchev–Trinajstić information content (AvgIpc) is 2.56. The van der Waals surface area contributed by atoms with Gasteiger partial charge < -0.3 is 16.9 Å². The van der Waals surface area contributed by atoms with Gasteiger partial charge in [0, 0.05) is 19.2 Å². The zero-order valence-electron chi connectivity index (χ0n) is 13.3. The molecule has 0 radical (unpaired) electrons. The maximum atomic E-state index is 10.5. The summed E-state index contributed by atoms with van der Waals surface area (Å²) in [7, 11) is -4.02. The number of aryl methyl sites for hydroxylation is 1. The van der Waals surface area contributed by atoms with Crippen molar-refractivity contribution in [2.45, 2.75) is 18.2 Å². The largest absolute Gasteiger partial charge is 0.386 e. The number of pyridine rings is 1. The summed E-state index contributed by atoms with van der Waals surface area (Å²) >= 11 is 0. The Morgan fingerprint density at radius 3 is 2.42 bits per heavy atom. The van der Waals surface area contributed by atoms with Crippen molar-refractivity contribution in [1.29, 1.82) is 0 Å². The molecule has 0 saturated heterocycles. The van der Waals surface area contributed by atoms with Crippen LogP contribution in [0.25, 0.3) is 0 Å². The number of hydrazone groups is 1. The number of hydrogen-bond donors (Lipinski definition) is 4. The zero-order valence-corrected chi connectivity index (χ0v) is 14.1. The first-order valence-corrected chi connectivity index (χ1v) is 8.48. The summed E-state index contributed by atoms with van der Waals surface area (Å²) in [5.74, 6) is 6.23. The van der Waals surface area contributed by atoms with Crippen LogP contribution in [0.3, 0.4) is 0 Å². The van der Waals surface area contributed by atoms with Crippen molar-refractivity contribution < 1.29 is 13.0 Å². The molecule has 130 valence electrons. The van der Waals surface area contributed by atoms with Crippen LogP contribution in [-0.4, -0.2) is 30.3 Å². The molecule has 0 spiro atoms. The Morgan fingerprint density at radius 2 is 1.92 bits per heavy atom. The predicted molar refractivity (Wildman–Crippen MR) is 94.1 cm³/mol. The van der Waals surface area contributed by atoms with E-state index in [0.717, 1.165) is 11.4 Å². The van der Waals surface area contributed by atoms with Gasteiger partial charge in [-0.1, -0.05) is 23.8 Å². The highest BCUT2D eigenvalue weighted by Gasteiger charge is 2.06. The van der Waals surface area contributed by atoms with E-state index < -0.39 is 10.1 Å². The number of nitrogens with zero attached hydrogens (tertiary/aromatic N) is 2. The van der Waals surface area contributed by atoms with Gasteiger partial charge in [-0.15, -0.1) is 0 Å². The molecule has 0 aliphatic rings. The molecule has 0 amide bonds. The number of nitrogens with two attached hydrogens (primary N) is 2. The van der Waals surface area contributed by atoms with Gasteiger partial charge in [0.05, 0.1) is 4.90 Å². The fourth-order valence-corrected chi connectivity index (χ4v) is 2.04. The Kier molecular flexibility index (Phi) is 7.66. The van der Waals surface area contributed by atoms with E-state index in [0.29, 0.717) is 18.8 Å². The molecule has 2 aromatic rings. The molecule has 0 fully saturated rings. The molecule has 1 aromatic carbocycles. The lowest BCUT2D eigenvalue weighted by molar-refractivity contribution is 0.483. The molecule has 0 unspecified atom stereocenters. The molecule has 0 bridgehead atoms. The zero-order chi connectivity index (χ0) is 18.0. The third kappa shape index (κ3) is 7.56. The second kappa shape index (κ2) is 9.48. The SMILES string of the molecule is Cc1ccc(S(=O)(=O)O)cc1.NN=C(N)CCNc1ccccn1. The number of anilines is 1. The topological polar surface area (TPSA) is 144 Å². The normalized spacial score (nSPS) is 11.3. The standard InChI is InChI=1S/C8H13N5.C7H8O3S/c9-7(13-10)4-6-12-8-3-1-2-5-11-8;1-6-2-4-7(5-3-6)11(8,9)10/h1-3,5H,4,6,10H2,(H2,9,13)(H,11,12);2-5H,1H3,(H,8,9,10). The van der Waals surface area contributed by atoms with E-state index >= 15 is 0 Å². The minimum Gasteiger partial charge on any atom is -0.386 e. The van der Waals surface area contributed by atoms with Crippen molar-refractivity contribution in [1.82, 2.24) is 4.98 Å². The number of benzene rings is 1. The van der Waals surface area contributed by atoms with Gasteiger partial charge in [-0.2, -0.15) is 13.5 Å². The van der Waals surface area contributed by atoms with Gasteiger partial charge in [-0.05, 0) is 31.2 Å². The van der Waals surface area contributed by atoms with Crippen LogP contribution in [0.5, 0.6) is 0 Å². The van der Waals surface area contributed by atoms with Crippen molar-refractivity contribution in [3.05, 3.63) is 54.2 Å². The van der Waals surface area contributed by atoms with E-state index in [9.17, 15) is 8.42 Å². The molecule has 0 saturated carbocycles. The van der Waals surface area contributed by atoms with E-state index in [2.05, 4.69) is 15.4 Å². The highest BCUT2D eigenvalue weighted by atomic mass is 32.2. The van der Waals surface area contributed by atoms with E-state index in [1.807, 2.05) is 25.1 Å². The lowest BCUT2D eigenvalue weighted by Gasteiger charge is -2.03. The summed E-state index contributed by atoms with van der Waals surface area (Å²) in [4.78, 5) is 4.01. The summed E-state index contributed by atoms with van der Waals surface area (Å²) in [5, 5.41) is 6.44. The van der Waals surface area contributed by atoms with Crippen molar-refractivity contribution in [3.63, 3.8) is 0 Å². The number of amidine groups is 1. The molecular formula is C15H21N5O3S. The van der Waals surface area contributed by atoms with E-state index in [4.69, 9.17) is 16.1 Å². The first-order valence-electron chi connectivity index (χ1n) is 7.04. The Labute approximate surface area is 141 Å². The smallest absolute Gasteiger partial charge is 0.294 e. The third-order valence-corrected chi connectivity index (χ3v) is 3.70. The molecule has 2 rings (SSSR count). The second-order valence-electron chi connectivity index (χ2n) is 4.80. The second-order valence-corrected chi connectivity index (χ2v) is 6.22. The van der Waals surface area contributed by atoms with Gasteiger partial charge in [-0.25, -0.2) is 4.98 Å². The molecule has 1 aromatic heterocycles. The van der Waals surface area contributed by atoms with Gasteiger partial charge in [0.1, 0.15) is 11.7 Å². The Bertz CT molecular complexity index is 746. The van der Waals surface area contributed by atoms with Gasteiger partial charge in [-0.3, -0.25) is 4.55 Å². The van der Waals surface area contributed by atoms with Crippen molar-refractivity contribution in [2.24, 2.45) is 16.7 Å². The molecule has 1 heterocycles. The van der Waals surface area contributed by atoms with Gasteiger partial charge in [0.15, 0.2) is 0 Å². The van der Waals surface area contributed by atoms with E-state index in [1.54, 1.807) is 18.3 Å². The number of rotatable bonds is 5. The van der Waals surface area contributed by atoms with Crippen LogP contribution in [0.1, 0.15) is 12.0 Å². The highest BCUT2D eigenvalue weighted by Crippen LogP contribution is 2.08. The minimum atomic E-state index is -4.02. The van der Waals surface area contributed by atoms with E-state index in [-0.39, 0.29) is 4.90 Å². The predicted octanol–water partition coefficient (Wildman–Crippen LogP) is 1.36. The summed E-state index contributed by atoms with van der Waals surface area (Å²) < 4.78 is 29.6. The van der Waals surface area contributed by atoms with E-state index in [1.165, 1.54) is 12.1 Å². The number of aromatic nitrogens is 1. The number of nitrogens with one attached hydrogen (secondary N) is 1. The Hall–Kier alpha value is -2.65. The van der Waals surface area contributed by atoms with Crippen LogP contribution < -0.4 is 16.9 Å². The van der Waals surface area contributed by atoms with Crippen LogP contribution >= 0.6 is 0 Å². The summed E-state index contributed by atoms with van der Waals surface area (Å²) in [6.07, 6.45) is 2.34. The first kappa shape index (κ1) is 19.4. The molecule has 0 atom stereocenters. The monoisotopic (exact) mass is 351 g/mol. The lowest BCUT2D eigenvalue weighted by Crippen LogP contribution is -2.18. The summed E-state index contributed by atoms with van der Waals surface area (Å²) in [5.41, 5.74) is 6.36. The summed E-state index contributed by atoms with van der Waals surface area (Å²) in [6, 6.07) is 11.6.